The molecule has 2 unspecified atom stereocenters. The van der Waals surface area contributed by atoms with E-state index in [1.54, 1.807) is 0 Å². The van der Waals surface area contributed by atoms with Gasteiger partial charge >= 0.3 is 0 Å². The van der Waals surface area contributed by atoms with Gasteiger partial charge in [-0.1, -0.05) is 37.9 Å². The topological polar surface area (TPSA) is 24.4 Å². The minimum atomic E-state index is 0.678. The van der Waals surface area contributed by atoms with Crippen molar-refractivity contribution in [2.45, 2.75) is 51.5 Å². The Morgan fingerprint density at radius 2 is 2.07 bits per heavy atom. The fraction of sp³-hybridized carbons (Fsp3) is 0.917. The molecule has 1 saturated carbocycles. The highest BCUT2D eigenvalue weighted by Gasteiger charge is 2.21. The van der Waals surface area contributed by atoms with E-state index in [0.29, 0.717) is 6.04 Å². The van der Waals surface area contributed by atoms with Crippen LogP contribution in [0.15, 0.2) is 4.99 Å². The van der Waals surface area contributed by atoms with Crippen molar-refractivity contribution < 1.29 is 0 Å². The first kappa shape index (κ1) is 11.3. The standard InChI is InChI=1S/C12H22N2S/c1-10-6-3-2-4-7-11(10)14-12-13-8-5-9-15-12/h10-11H,2-9H2,1H3,(H,13,14). The van der Waals surface area contributed by atoms with Crippen LogP contribution in [0, 0.1) is 5.92 Å². The summed E-state index contributed by atoms with van der Waals surface area (Å²) in [6.45, 7) is 3.41. The third-order valence-corrected chi connectivity index (χ3v) is 4.48. The maximum absolute atomic E-state index is 4.56. The molecule has 1 heterocycles. The summed E-state index contributed by atoms with van der Waals surface area (Å²) in [5.41, 5.74) is 0. The average molecular weight is 226 g/mol. The van der Waals surface area contributed by atoms with Crippen molar-refractivity contribution in [1.82, 2.24) is 5.32 Å². The Bertz CT molecular complexity index is 228. The molecule has 1 aliphatic heterocycles. The fourth-order valence-corrected chi connectivity index (χ4v) is 3.30. The highest BCUT2D eigenvalue weighted by molar-refractivity contribution is 8.13. The lowest BCUT2D eigenvalue weighted by molar-refractivity contribution is 0.402. The quantitative estimate of drug-likeness (QED) is 0.695. The lowest BCUT2D eigenvalue weighted by Crippen LogP contribution is -2.38. The summed E-state index contributed by atoms with van der Waals surface area (Å²) in [6.07, 6.45) is 8.19. The zero-order chi connectivity index (χ0) is 10.5. The molecule has 86 valence electrons. The van der Waals surface area contributed by atoms with Crippen LogP contribution in [0.3, 0.4) is 0 Å². The first-order valence-corrected chi connectivity index (χ1v) is 7.28. The Morgan fingerprint density at radius 1 is 1.20 bits per heavy atom. The molecule has 2 rings (SSSR count). The predicted molar refractivity (Wildman–Crippen MR) is 68.5 cm³/mol. The highest BCUT2D eigenvalue weighted by Crippen LogP contribution is 2.24. The van der Waals surface area contributed by atoms with Crippen LogP contribution in [0.1, 0.15) is 45.4 Å². The van der Waals surface area contributed by atoms with Crippen molar-refractivity contribution in [3.63, 3.8) is 0 Å². The van der Waals surface area contributed by atoms with Crippen molar-refractivity contribution in [2.75, 3.05) is 12.3 Å². The Labute approximate surface area is 97.3 Å². The number of nitrogens with one attached hydrogen (secondary N) is 1. The Hall–Kier alpha value is -0.180. The van der Waals surface area contributed by atoms with Gasteiger partial charge in [-0.3, -0.25) is 4.99 Å². The lowest BCUT2D eigenvalue weighted by atomic mass is 9.97. The van der Waals surface area contributed by atoms with E-state index in [4.69, 9.17) is 0 Å². The molecule has 0 saturated heterocycles. The predicted octanol–water partition coefficient (Wildman–Crippen LogP) is 3.04. The normalized spacial score (nSPS) is 33.0. The van der Waals surface area contributed by atoms with Gasteiger partial charge in [-0.25, -0.2) is 0 Å². The molecule has 0 bridgehead atoms. The second-order valence-corrected chi connectivity index (χ2v) is 5.84. The molecule has 0 amide bonds. The van der Waals surface area contributed by atoms with Gasteiger partial charge in [0.15, 0.2) is 5.17 Å². The Kier molecular flexibility index (Phi) is 4.36. The van der Waals surface area contributed by atoms with Gasteiger partial charge in [-0.15, -0.1) is 0 Å². The van der Waals surface area contributed by atoms with E-state index in [1.165, 1.54) is 49.4 Å². The molecule has 0 spiro atoms. The van der Waals surface area contributed by atoms with E-state index >= 15 is 0 Å². The lowest BCUT2D eigenvalue weighted by Gasteiger charge is -2.25. The van der Waals surface area contributed by atoms with Gasteiger partial charge in [-0.05, 0) is 25.2 Å². The Balaban J connectivity index is 1.87. The summed E-state index contributed by atoms with van der Waals surface area (Å²) >= 11 is 1.90. The summed E-state index contributed by atoms with van der Waals surface area (Å²) in [5.74, 6) is 2.06. The minimum Gasteiger partial charge on any atom is -0.362 e. The van der Waals surface area contributed by atoms with Gasteiger partial charge in [0, 0.05) is 18.3 Å². The molecular weight excluding hydrogens is 204 g/mol. The minimum absolute atomic E-state index is 0.678. The zero-order valence-corrected chi connectivity index (χ0v) is 10.5. The van der Waals surface area contributed by atoms with Crippen LogP contribution < -0.4 is 5.32 Å². The van der Waals surface area contributed by atoms with E-state index in [2.05, 4.69) is 17.2 Å². The average Bonchev–Trinajstić information content (AvgIpc) is 2.46. The summed E-state index contributed by atoms with van der Waals surface area (Å²) in [7, 11) is 0. The van der Waals surface area contributed by atoms with E-state index in [9.17, 15) is 0 Å². The first-order valence-electron chi connectivity index (χ1n) is 6.30. The zero-order valence-electron chi connectivity index (χ0n) is 9.67. The molecule has 3 heteroatoms. The van der Waals surface area contributed by atoms with Crippen LogP contribution in [0.4, 0.5) is 0 Å². The molecule has 2 atom stereocenters. The molecule has 1 aliphatic carbocycles. The monoisotopic (exact) mass is 226 g/mol. The molecule has 15 heavy (non-hydrogen) atoms. The maximum atomic E-state index is 4.56. The van der Waals surface area contributed by atoms with Crippen LogP contribution in [0.2, 0.25) is 0 Å². The Morgan fingerprint density at radius 3 is 2.87 bits per heavy atom. The van der Waals surface area contributed by atoms with Gasteiger partial charge in [0.25, 0.3) is 0 Å². The van der Waals surface area contributed by atoms with Crippen LogP contribution in [0.25, 0.3) is 0 Å². The summed E-state index contributed by atoms with van der Waals surface area (Å²) < 4.78 is 0. The van der Waals surface area contributed by atoms with Crippen molar-refractivity contribution in [2.24, 2.45) is 10.9 Å². The summed E-state index contributed by atoms with van der Waals surface area (Å²) in [4.78, 5) is 4.56. The van der Waals surface area contributed by atoms with E-state index in [-0.39, 0.29) is 0 Å². The van der Waals surface area contributed by atoms with Crippen molar-refractivity contribution >= 4 is 16.9 Å². The molecule has 0 aromatic rings. The van der Waals surface area contributed by atoms with Gasteiger partial charge in [0.05, 0.1) is 0 Å². The second-order valence-electron chi connectivity index (χ2n) is 4.76. The van der Waals surface area contributed by atoms with E-state index < -0.39 is 0 Å². The number of hydrogen-bond acceptors (Lipinski definition) is 3. The number of aliphatic imine (C=N–C) groups is 1. The molecule has 0 radical (unpaired) electrons. The molecule has 2 nitrogen and oxygen atoms in total. The SMILES string of the molecule is CC1CCCCCC1NC1=NCCCS1. The van der Waals surface area contributed by atoms with Crippen molar-refractivity contribution in [1.29, 1.82) is 0 Å². The smallest absolute Gasteiger partial charge is 0.156 e. The van der Waals surface area contributed by atoms with Crippen LogP contribution in [-0.4, -0.2) is 23.5 Å². The number of nitrogens with zero attached hydrogens (tertiary/aromatic N) is 1. The molecule has 1 N–H and O–H groups in total. The van der Waals surface area contributed by atoms with Crippen molar-refractivity contribution in [3.8, 4) is 0 Å². The fourth-order valence-electron chi connectivity index (χ4n) is 2.41. The maximum Gasteiger partial charge on any atom is 0.156 e. The van der Waals surface area contributed by atoms with Gasteiger partial charge < -0.3 is 5.32 Å². The number of amidine groups is 1. The number of hydrogen-bond donors (Lipinski definition) is 1. The van der Waals surface area contributed by atoms with Crippen LogP contribution in [0.5, 0.6) is 0 Å². The van der Waals surface area contributed by atoms with Crippen LogP contribution >= 0.6 is 11.8 Å². The van der Waals surface area contributed by atoms with E-state index in [1.807, 2.05) is 11.8 Å². The molecule has 0 aromatic heterocycles. The summed E-state index contributed by atoms with van der Waals surface area (Å²) in [6, 6.07) is 0.678. The number of thioether (sulfide) groups is 1. The molecule has 2 aliphatic rings. The van der Waals surface area contributed by atoms with Gasteiger partial charge in [0.1, 0.15) is 0 Å². The highest BCUT2D eigenvalue weighted by atomic mass is 32.2. The molecule has 0 aromatic carbocycles. The van der Waals surface area contributed by atoms with Crippen LogP contribution in [-0.2, 0) is 0 Å². The second kappa shape index (κ2) is 5.78. The third kappa shape index (κ3) is 3.40. The first-order chi connectivity index (χ1) is 7.36. The van der Waals surface area contributed by atoms with Crippen molar-refractivity contribution in [3.05, 3.63) is 0 Å². The molecular formula is C12H22N2S. The van der Waals surface area contributed by atoms with E-state index in [0.717, 1.165) is 12.5 Å². The largest absolute Gasteiger partial charge is 0.362 e. The molecule has 1 fully saturated rings. The number of rotatable bonds is 1. The third-order valence-electron chi connectivity index (χ3n) is 3.47. The van der Waals surface area contributed by atoms with Gasteiger partial charge in [-0.2, -0.15) is 0 Å². The van der Waals surface area contributed by atoms with Gasteiger partial charge in [0.2, 0.25) is 0 Å². The summed E-state index contributed by atoms with van der Waals surface area (Å²) in [5, 5.41) is 4.87.